The molecule has 0 aromatic rings. The van der Waals surface area contributed by atoms with Gasteiger partial charge in [-0.15, -0.1) is 0 Å². The third-order valence-corrected chi connectivity index (χ3v) is 4.22. The van der Waals surface area contributed by atoms with Crippen molar-refractivity contribution in [2.75, 3.05) is 13.2 Å². The van der Waals surface area contributed by atoms with Gasteiger partial charge in [0.15, 0.2) is 6.29 Å². The van der Waals surface area contributed by atoms with Crippen LogP contribution in [0.3, 0.4) is 0 Å². The van der Waals surface area contributed by atoms with E-state index in [0.29, 0.717) is 0 Å². The fourth-order valence-electron chi connectivity index (χ4n) is 3.30. The quantitative estimate of drug-likeness (QED) is 0.724. The summed E-state index contributed by atoms with van der Waals surface area (Å²) in [4.78, 5) is 0. The highest BCUT2D eigenvalue weighted by molar-refractivity contribution is 6.29. The van der Waals surface area contributed by atoms with E-state index < -0.39 is 0 Å². The summed E-state index contributed by atoms with van der Waals surface area (Å²) >= 11 is 6.13. The van der Waals surface area contributed by atoms with E-state index in [2.05, 4.69) is 6.08 Å². The lowest BCUT2D eigenvalue weighted by Gasteiger charge is -2.21. The molecule has 3 unspecified atom stereocenters. The molecule has 3 rings (SSSR count). The van der Waals surface area contributed by atoms with Crippen LogP contribution in [0.1, 0.15) is 25.7 Å². The van der Waals surface area contributed by atoms with Crippen molar-refractivity contribution in [2.45, 2.75) is 32.0 Å². The molecule has 0 aromatic heterocycles. The molecule has 1 aliphatic heterocycles. The molecule has 0 radical (unpaired) electrons. The van der Waals surface area contributed by atoms with Crippen molar-refractivity contribution in [1.82, 2.24) is 0 Å². The smallest absolute Gasteiger partial charge is 0.158 e. The van der Waals surface area contributed by atoms with Crippen LogP contribution >= 0.6 is 11.6 Å². The van der Waals surface area contributed by atoms with E-state index in [1.807, 2.05) is 0 Å². The first kappa shape index (κ1) is 10.1. The van der Waals surface area contributed by atoms with Gasteiger partial charge in [0.05, 0.1) is 13.2 Å². The maximum atomic E-state index is 6.13. The lowest BCUT2D eigenvalue weighted by molar-refractivity contribution is -0.0599. The van der Waals surface area contributed by atoms with Crippen molar-refractivity contribution in [3.05, 3.63) is 11.1 Å². The summed E-state index contributed by atoms with van der Waals surface area (Å²) in [7, 11) is 0. The summed E-state index contributed by atoms with van der Waals surface area (Å²) < 4.78 is 11.0. The van der Waals surface area contributed by atoms with Gasteiger partial charge in [-0.05, 0) is 37.0 Å². The maximum absolute atomic E-state index is 6.13. The molecule has 0 aromatic carbocycles. The van der Waals surface area contributed by atoms with Crippen LogP contribution in [0.15, 0.2) is 11.1 Å². The lowest BCUT2D eigenvalue weighted by Crippen LogP contribution is -2.17. The minimum Gasteiger partial charge on any atom is -0.350 e. The minimum atomic E-state index is 0.0631. The van der Waals surface area contributed by atoms with Gasteiger partial charge in [-0.2, -0.15) is 0 Å². The average Bonchev–Trinajstić information content (AvgIpc) is 2.76. The van der Waals surface area contributed by atoms with E-state index in [-0.39, 0.29) is 6.29 Å². The zero-order valence-corrected chi connectivity index (χ0v) is 9.58. The second-order valence-corrected chi connectivity index (χ2v) is 5.46. The number of allylic oxidation sites excluding steroid dienone is 2. The Bertz CT molecular complexity index is 271. The largest absolute Gasteiger partial charge is 0.350 e. The standard InChI is InChI=1S/C12H17ClO2/c13-11-5-8-3-9(6-11)10(4-8)7-12-14-1-2-15-12/h5,8-10,12H,1-4,6-7H2. The normalized spacial score (nSPS) is 40.9. The Kier molecular flexibility index (Phi) is 2.75. The fraction of sp³-hybridized carbons (Fsp3) is 0.833. The number of hydrogen-bond acceptors (Lipinski definition) is 2. The van der Waals surface area contributed by atoms with Gasteiger partial charge in [-0.3, -0.25) is 0 Å². The van der Waals surface area contributed by atoms with Gasteiger partial charge in [0.1, 0.15) is 0 Å². The number of rotatable bonds is 2. The third kappa shape index (κ3) is 2.08. The number of halogens is 1. The molecule has 84 valence electrons. The van der Waals surface area contributed by atoms with Crippen LogP contribution in [0, 0.1) is 17.8 Å². The predicted octanol–water partition coefficient (Wildman–Crippen LogP) is 2.92. The molecule has 2 bridgehead atoms. The minimum absolute atomic E-state index is 0.0631. The molecular formula is C12H17ClO2. The van der Waals surface area contributed by atoms with E-state index in [1.54, 1.807) is 0 Å². The summed E-state index contributed by atoms with van der Waals surface area (Å²) in [6, 6.07) is 0. The summed E-state index contributed by atoms with van der Waals surface area (Å²) in [5, 5.41) is 1.08. The molecule has 1 heterocycles. The van der Waals surface area contributed by atoms with Crippen LogP contribution in [0.5, 0.6) is 0 Å². The third-order valence-electron chi connectivity index (χ3n) is 3.94. The Labute approximate surface area is 95.6 Å². The van der Waals surface area contributed by atoms with E-state index in [0.717, 1.165) is 48.8 Å². The second-order valence-electron chi connectivity index (χ2n) is 4.98. The second kappa shape index (κ2) is 4.08. The topological polar surface area (TPSA) is 18.5 Å². The molecule has 0 N–H and O–H groups in total. The SMILES string of the molecule is ClC1=CC2CC(C1)C(CC1OCCO1)C2. The van der Waals surface area contributed by atoms with Gasteiger partial charge in [0.25, 0.3) is 0 Å². The van der Waals surface area contributed by atoms with Crippen molar-refractivity contribution >= 4 is 11.6 Å². The molecule has 15 heavy (non-hydrogen) atoms. The molecule has 3 heteroatoms. The van der Waals surface area contributed by atoms with Gasteiger partial charge in [-0.25, -0.2) is 0 Å². The summed E-state index contributed by atoms with van der Waals surface area (Å²) in [5.41, 5.74) is 0. The summed E-state index contributed by atoms with van der Waals surface area (Å²) in [6.07, 6.45) is 7.08. The van der Waals surface area contributed by atoms with Gasteiger partial charge >= 0.3 is 0 Å². The van der Waals surface area contributed by atoms with Crippen molar-refractivity contribution in [3.63, 3.8) is 0 Å². The van der Waals surface area contributed by atoms with Crippen LogP contribution in [-0.4, -0.2) is 19.5 Å². The zero-order chi connectivity index (χ0) is 10.3. The molecule has 0 amide bonds. The number of hydrogen-bond donors (Lipinski definition) is 0. The van der Waals surface area contributed by atoms with Crippen LogP contribution in [0.4, 0.5) is 0 Å². The Balaban J connectivity index is 1.60. The van der Waals surface area contributed by atoms with Crippen molar-refractivity contribution < 1.29 is 9.47 Å². The monoisotopic (exact) mass is 228 g/mol. The molecule has 3 atom stereocenters. The fourth-order valence-corrected chi connectivity index (χ4v) is 3.67. The number of ether oxygens (including phenoxy) is 2. The molecular weight excluding hydrogens is 212 g/mol. The van der Waals surface area contributed by atoms with Crippen molar-refractivity contribution in [3.8, 4) is 0 Å². The Morgan fingerprint density at radius 2 is 2.07 bits per heavy atom. The van der Waals surface area contributed by atoms with Crippen LogP contribution in [0.25, 0.3) is 0 Å². The zero-order valence-electron chi connectivity index (χ0n) is 8.82. The molecule has 2 aliphatic carbocycles. The molecule has 3 aliphatic rings. The van der Waals surface area contributed by atoms with Crippen LogP contribution in [0.2, 0.25) is 0 Å². The van der Waals surface area contributed by atoms with Crippen LogP contribution < -0.4 is 0 Å². The molecule has 2 fully saturated rings. The lowest BCUT2D eigenvalue weighted by atomic mass is 9.89. The molecule has 2 nitrogen and oxygen atoms in total. The predicted molar refractivity (Wildman–Crippen MR) is 58.6 cm³/mol. The van der Waals surface area contributed by atoms with Crippen molar-refractivity contribution in [2.24, 2.45) is 17.8 Å². The van der Waals surface area contributed by atoms with Crippen LogP contribution in [-0.2, 0) is 9.47 Å². The molecule has 0 spiro atoms. The average molecular weight is 229 g/mol. The van der Waals surface area contributed by atoms with Crippen molar-refractivity contribution in [1.29, 1.82) is 0 Å². The van der Waals surface area contributed by atoms with Gasteiger partial charge in [0.2, 0.25) is 0 Å². The van der Waals surface area contributed by atoms with Gasteiger partial charge < -0.3 is 9.47 Å². The maximum Gasteiger partial charge on any atom is 0.158 e. The Morgan fingerprint density at radius 1 is 1.27 bits per heavy atom. The van der Waals surface area contributed by atoms with E-state index in [1.165, 1.54) is 12.8 Å². The first-order valence-corrected chi connectivity index (χ1v) is 6.28. The summed E-state index contributed by atoms with van der Waals surface area (Å²) in [5.74, 6) is 2.26. The highest BCUT2D eigenvalue weighted by atomic mass is 35.5. The first-order chi connectivity index (χ1) is 7.31. The molecule has 1 saturated carbocycles. The summed E-state index contributed by atoms with van der Waals surface area (Å²) in [6.45, 7) is 1.54. The van der Waals surface area contributed by atoms with Gasteiger partial charge in [-0.1, -0.05) is 17.7 Å². The number of fused-ring (bicyclic) bond motifs is 2. The first-order valence-electron chi connectivity index (χ1n) is 5.90. The highest BCUT2D eigenvalue weighted by Gasteiger charge is 2.38. The Morgan fingerprint density at radius 3 is 2.87 bits per heavy atom. The highest BCUT2D eigenvalue weighted by Crippen LogP contribution is 2.47. The Hall–Kier alpha value is -0.0500. The molecule has 1 saturated heterocycles. The van der Waals surface area contributed by atoms with E-state index in [9.17, 15) is 0 Å². The van der Waals surface area contributed by atoms with Gasteiger partial charge in [0, 0.05) is 11.5 Å². The van der Waals surface area contributed by atoms with E-state index >= 15 is 0 Å². The van der Waals surface area contributed by atoms with E-state index in [4.69, 9.17) is 21.1 Å².